The third kappa shape index (κ3) is 2.97. The fraction of sp³-hybridized carbons (Fsp3) is 0.375. The SMILES string of the molecule is CC(N)c1cccnc1N1CCN(c2ccccn2)CC1. The van der Waals surface area contributed by atoms with Crippen molar-refractivity contribution in [2.45, 2.75) is 13.0 Å². The van der Waals surface area contributed by atoms with Crippen LogP contribution in [0.25, 0.3) is 0 Å². The minimum absolute atomic E-state index is 0.00233. The molecule has 0 aromatic carbocycles. The van der Waals surface area contributed by atoms with Gasteiger partial charge in [-0.25, -0.2) is 9.97 Å². The Hall–Kier alpha value is -2.14. The van der Waals surface area contributed by atoms with Gasteiger partial charge in [-0.1, -0.05) is 12.1 Å². The molecule has 3 heterocycles. The Morgan fingerprint density at radius 2 is 1.67 bits per heavy atom. The molecule has 110 valence electrons. The van der Waals surface area contributed by atoms with Crippen molar-refractivity contribution >= 4 is 11.6 Å². The van der Waals surface area contributed by atoms with Gasteiger partial charge in [-0.15, -0.1) is 0 Å². The number of anilines is 2. The second-order valence-electron chi connectivity index (χ2n) is 5.37. The molecule has 1 unspecified atom stereocenters. The summed E-state index contributed by atoms with van der Waals surface area (Å²) >= 11 is 0. The molecule has 3 rings (SSSR count). The normalized spacial score (nSPS) is 16.9. The molecule has 0 aliphatic carbocycles. The number of nitrogens with zero attached hydrogens (tertiary/aromatic N) is 4. The van der Waals surface area contributed by atoms with E-state index in [4.69, 9.17) is 5.73 Å². The highest BCUT2D eigenvalue weighted by Gasteiger charge is 2.21. The highest BCUT2D eigenvalue weighted by molar-refractivity contribution is 5.50. The number of hydrogen-bond donors (Lipinski definition) is 1. The molecule has 1 atom stereocenters. The first kappa shape index (κ1) is 13.8. The second-order valence-corrected chi connectivity index (χ2v) is 5.37. The third-order valence-electron chi connectivity index (χ3n) is 3.86. The number of piperazine rings is 1. The van der Waals surface area contributed by atoms with Crippen molar-refractivity contribution in [3.63, 3.8) is 0 Å². The standard InChI is InChI=1S/C16H21N5/c1-13(17)14-5-4-8-19-16(14)21-11-9-20(10-12-21)15-6-2-3-7-18-15/h2-8,13H,9-12,17H2,1H3. The molecule has 2 aromatic heterocycles. The van der Waals surface area contributed by atoms with Crippen LogP contribution in [0.5, 0.6) is 0 Å². The van der Waals surface area contributed by atoms with Crippen LogP contribution in [0.15, 0.2) is 42.7 Å². The van der Waals surface area contributed by atoms with Crippen molar-refractivity contribution < 1.29 is 0 Å². The maximum atomic E-state index is 6.05. The zero-order valence-corrected chi connectivity index (χ0v) is 12.3. The molecule has 0 spiro atoms. The zero-order chi connectivity index (χ0) is 14.7. The second kappa shape index (κ2) is 6.10. The molecule has 0 radical (unpaired) electrons. The minimum atomic E-state index is 0.00233. The van der Waals surface area contributed by atoms with E-state index >= 15 is 0 Å². The van der Waals surface area contributed by atoms with E-state index < -0.39 is 0 Å². The lowest BCUT2D eigenvalue weighted by Gasteiger charge is -2.37. The van der Waals surface area contributed by atoms with Crippen molar-refractivity contribution in [3.8, 4) is 0 Å². The number of nitrogens with two attached hydrogens (primary N) is 1. The highest BCUT2D eigenvalue weighted by atomic mass is 15.3. The van der Waals surface area contributed by atoms with Crippen LogP contribution < -0.4 is 15.5 Å². The van der Waals surface area contributed by atoms with Gasteiger partial charge in [-0.3, -0.25) is 0 Å². The highest BCUT2D eigenvalue weighted by Crippen LogP contribution is 2.24. The molecule has 1 aliphatic rings. The van der Waals surface area contributed by atoms with E-state index in [2.05, 4.69) is 31.9 Å². The summed E-state index contributed by atoms with van der Waals surface area (Å²) in [6.45, 7) is 5.78. The number of hydrogen-bond acceptors (Lipinski definition) is 5. The van der Waals surface area contributed by atoms with E-state index in [-0.39, 0.29) is 6.04 Å². The quantitative estimate of drug-likeness (QED) is 0.931. The summed E-state index contributed by atoms with van der Waals surface area (Å²) in [5.74, 6) is 2.07. The van der Waals surface area contributed by atoms with Crippen LogP contribution in [0, 0.1) is 0 Å². The van der Waals surface area contributed by atoms with Gasteiger partial charge in [0.25, 0.3) is 0 Å². The fourth-order valence-corrected chi connectivity index (χ4v) is 2.72. The lowest BCUT2D eigenvalue weighted by Crippen LogP contribution is -2.47. The van der Waals surface area contributed by atoms with Crippen molar-refractivity contribution in [2.24, 2.45) is 5.73 Å². The van der Waals surface area contributed by atoms with Gasteiger partial charge in [0, 0.05) is 50.2 Å². The molecule has 5 nitrogen and oxygen atoms in total. The summed E-state index contributed by atoms with van der Waals surface area (Å²) in [6, 6.07) is 10.1. The first-order valence-electron chi connectivity index (χ1n) is 7.37. The molecular formula is C16H21N5. The van der Waals surface area contributed by atoms with Crippen LogP contribution >= 0.6 is 0 Å². The molecule has 1 aliphatic heterocycles. The predicted octanol–water partition coefficient (Wildman–Crippen LogP) is 1.82. The van der Waals surface area contributed by atoms with Crippen LogP contribution in [0.2, 0.25) is 0 Å². The Morgan fingerprint density at radius 3 is 2.33 bits per heavy atom. The summed E-state index contributed by atoms with van der Waals surface area (Å²) in [7, 11) is 0. The maximum Gasteiger partial charge on any atom is 0.133 e. The van der Waals surface area contributed by atoms with Crippen LogP contribution in [0.4, 0.5) is 11.6 Å². The van der Waals surface area contributed by atoms with Crippen molar-refractivity contribution in [2.75, 3.05) is 36.0 Å². The predicted molar refractivity (Wildman–Crippen MR) is 85.5 cm³/mol. The molecule has 1 saturated heterocycles. The Morgan fingerprint density at radius 1 is 0.952 bits per heavy atom. The molecule has 2 aromatic rings. The van der Waals surface area contributed by atoms with Crippen LogP contribution in [-0.4, -0.2) is 36.1 Å². The molecule has 0 amide bonds. The van der Waals surface area contributed by atoms with E-state index in [1.54, 1.807) is 0 Å². The Kier molecular flexibility index (Phi) is 4.01. The third-order valence-corrected chi connectivity index (χ3v) is 3.86. The zero-order valence-electron chi connectivity index (χ0n) is 12.3. The van der Waals surface area contributed by atoms with Gasteiger partial charge < -0.3 is 15.5 Å². The van der Waals surface area contributed by atoms with Crippen molar-refractivity contribution in [1.82, 2.24) is 9.97 Å². The molecule has 1 fully saturated rings. The number of rotatable bonds is 3. The monoisotopic (exact) mass is 283 g/mol. The molecular weight excluding hydrogens is 262 g/mol. The van der Waals surface area contributed by atoms with Crippen molar-refractivity contribution in [3.05, 3.63) is 48.3 Å². The van der Waals surface area contributed by atoms with Gasteiger partial charge in [0.05, 0.1) is 0 Å². The van der Waals surface area contributed by atoms with Crippen LogP contribution in [0.1, 0.15) is 18.5 Å². The summed E-state index contributed by atoms with van der Waals surface area (Å²) < 4.78 is 0. The van der Waals surface area contributed by atoms with Gasteiger partial charge in [-0.2, -0.15) is 0 Å². The average Bonchev–Trinajstić information content (AvgIpc) is 2.56. The van der Waals surface area contributed by atoms with Gasteiger partial charge in [0.15, 0.2) is 0 Å². The summed E-state index contributed by atoms with van der Waals surface area (Å²) in [4.78, 5) is 13.6. The summed E-state index contributed by atoms with van der Waals surface area (Å²) in [6.07, 6.45) is 3.68. The Labute approximate surface area is 125 Å². The number of aromatic nitrogens is 2. The maximum absolute atomic E-state index is 6.05. The van der Waals surface area contributed by atoms with Gasteiger partial charge in [0.1, 0.15) is 11.6 Å². The Bertz CT molecular complexity index is 576. The van der Waals surface area contributed by atoms with E-state index in [0.29, 0.717) is 0 Å². The van der Waals surface area contributed by atoms with Gasteiger partial charge in [-0.05, 0) is 25.1 Å². The van der Waals surface area contributed by atoms with Crippen LogP contribution in [-0.2, 0) is 0 Å². The molecule has 5 heteroatoms. The van der Waals surface area contributed by atoms with Gasteiger partial charge >= 0.3 is 0 Å². The lowest BCUT2D eigenvalue weighted by atomic mass is 10.1. The van der Waals surface area contributed by atoms with E-state index in [1.807, 2.05) is 37.5 Å². The smallest absolute Gasteiger partial charge is 0.133 e. The first-order chi connectivity index (χ1) is 10.3. The van der Waals surface area contributed by atoms with Crippen LogP contribution in [0.3, 0.4) is 0 Å². The molecule has 2 N–H and O–H groups in total. The van der Waals surface area contributed by atoms with E-state index in [0.717, 1.165) is 43.4 Å². The topological polar surface area (TPSA) is 58.3 Å². The average molecular weight is 283 g/mol. The number of pyridine rings is 2. The van der Waals surface area contributed by atoms with Gasteiger partial charge in [0.2, 0.25) is 0 Å². The molecule has 21 heavy (non-hydrogen) atoms. The van der Waals surface area contributed by atoms with E-state index in [9.17, 15) is 0 Å². The lowest BCUT2D eigenvalue weighted by molar-refractivity contribution is 0.635. The minimum Gasteiger partial charge on any atom is -0.353 e. The molecule has 0 saturated carbocycles. The first-order valence-corrected chi connectivity index (χ1v) is 7.37. The summed E-state index contributed by atoms with van der Waals surface area (Å²) in [5.41, 5.74) is 7.17. The van der Waals surface area contributed by atoms with Crippen molar-refractivity contribution in [1.29, 1.82) is 0 Å². The molecule has 0 bridgehead atoms. The summed E-state index contributed by atoms with van der Waals surface area (Å²) in [5, 5.41) is 0. The van der Waals surface area contributed by atoms with E-state index in [1.165, 1.54) is 0 Å². The fourth-order valence-electron chi connectivity index (χ4n) is 2.72. The Balaban J connectivity index is 1.72. The largest absolute Gasteiger partial charge is 0.353 e.